The molecule has 2 nitrogen and oxygen atoms in total. The number of anilines is 6. The van der Waals surface area contributed by atoms with Gasteiger partial charge in [-0.25, -0.2) is 0 Å². The molecule has 0 aliphatic carbocycles. The van der Waals surface area contributed by atoms with Crippen molar-refractivity contribution in [2.24, 2.45) is 0 Å². The van der Waals surface area contributed by atoms with Crippen molar-refractivity contribution in [3.05, 3.63) is 166 Å². The molecule has 0 N–H and O–H groups in total. The Labute approximate surface area is 357 Å². The average molecular weight is 775 g/mol. The first-order valence-corrected chi connectivity index (χ1v) is 22.1. The summed E-state index contributed by atoms with van der Waals surface area (Å²) in [5.41, 5.74) is 26.9. The highest BCUT2D eigenvalue weighted by Gasteiger charge is 2.48. The molecular weight excluding hydrogens is 722 g/mol. The number of benzene rings is 8. The highest BCUT2D eigenvalue weighted by atomic mass is 15.3. The van der Waals surface area contributed by atoms with Gasteiger partial charge >= 0.3 is 0 Å². The summed E-state index contributed by atoms with van der Waals surface area (Å²) in [5.74, 6) is 0.805. The smallest absolute Gasteiger partial charge is 0.248 e. The zero-order valence-electron chi connectivity index (χ0n) is 36.8. The first-order chi connectivity index (χ1) is 28.9. The molecule has 0 amide bonds. The van der Waals surface area contributed by atoms with Crippen LogP contribution in [0.1, 0.15) is 84.0 Å². The molecule has 0 atom stereocenters. The maximum absolute atomic E-state index is 2.69. The number of hydrogen-bond donors (Lipinski definition) is 0. The molecule has 0 bridgehead atoms. The van der Waals surface area contributed by atoms with Crippen LogP contribution in [0.4, 0.5) is 34.1 Å². The lowest BCUT2D eigenvalue weighted by Crippen LogP contribution is -2.62. The standard InChI is InChI=1S/C56H52B2N2/c1-31(2)39-19-21-47-45(27-39)57(51-35(7)23-33(5)24-36(51)8)53-43-17-13-11-15-41(43)30-50-55(53)59(47)49-29-42-16-12-14-18-44(42)54-56(49)60(50)48-22-20-40(32(3)4)28-46(48)58(54)52-37(9)25-34(6)26-38(52)10/h11-32H,1-10H3. The van der Waals surface area contributed by atoms with E-state index in [0.717, 1.165) is 0 Å². The van der Waals surface area contributed by atoms with E-state index in [2.05, 4.69) is 200 Å². The molecule has 3 aliphatic heterocycles. The largest absolute Gasteiger partial charge is 0.307 e. The van der Waals surface area contributed by atoms with E-state index >= 15 is 0 Å². The summed E-state index contributed by atoms with van der Waals surface area (Å²) in [4.78, 5) is 5.38. The minimum Gasteiger partial charge on any atom is -0.307 e. The molecule has 3 heterocycles. The first-order valence-electron chi connectivity index (χ1n) is 22.1. The van der Waals surface area contributed by atoms with Gasteiger partial charge in [0.1, 0.15) is 0 Å². The van der Waals surface area contributed by atoms with Crippen molar-refractivity contribution in [1.29, 1.82) is 0 Å². The molecular formula is C56H52B2N2. The van der Waals surface area contributed by atoms with Crippen molar-refractivity contribution in [2.45, 2.75) is 81.1 Å². The SMILES string of the molecule is Cc1cc(C)c(B2c3cc(C(C)C)ccc3N3c4cc5ccccc5c5c4N(c4ccc(C(C)C)cc4B5c4c(C)cc(C)cc4C)c4cc5ccccc5c2c43)c(C)c1. The average Bonchev–Trinajstić information content (AvgIpc) is 3.21. The fourth-order valence-electron chi connectivity index (χ4n) is 11.8. The van der Waals surface area contributed by atoms with Crippen molar-refractivity contribution in [2.75, 3.05) is 9.80 Å². The Balaban J connectivity index is 1.35. The first kappa shape index (κ1) is 37.0. The van der Waals surface area contributed by atoms with Gasteiger partial charge in [-0.1, -0.05) is 169 Å². The van der Waals surface area contributed by atoms with Gasteiger partial charge in [0, 0.05) is 11.4 Å². The summed E-state index contributed by atoms with van der Waals surface area (Å²) < 4.78 is 0. The second-order valence-corrected chi connectivity index (χ2v) is 18.9. The molecule has 8 aromatic carbocycles. The van der Waals surface area contributed by atoms with Crippen LogP contribution in [0.25, 0.3) is 21.5 Å². The molecule has 0 radical (unpaired) electrons. The van der Waals surface area contributed by atoms with Crippen molar-refractivity contribution in [1.82, 2.24) is 0 Å². The molecule has 0 fully saturated rings. The lowest BCUT2D eigenvalue weighted by atomic mass is 9.32. The second-order valence-electron chi connectivity index (χ2n) is 18.9. The van der Waals surface area contributed by atoms with E-state index in [-0.39, 0.29) is 13.4 Å². The van der Waals surface area contributed by atoms with Gasteiger partial charge in [-0.3, -0.25) is 0 Å². The van der Waals surface area contributed by atoms with E-state index in [1.165, 1.54) is 133 Å². The summed E-state index contributed by atoms with van der Waals surface area (Å²) >= 11 is 0. The molecule has 0 unspecified atom stereocenters. The van der Waals surface area contributed by atoms with Gasteiger partial charge in [0.25, 0.3) is 0 Å². The summed E-state index contributed by atoms with van der Waals surface area (Å²) in [7, 11) is 0. The van der Waals surface area contributed by atoms with E-state index in [0.29, 0.717) is 11.8 Å². The summed E-state index contributed by atoms with van der Waals surface area (Å²) in [6, 6.07) is 47.8. The van der Waals surface area contributed by atoms with E-state index in [9.17, 15) is 0 Å². The summed E-state index contributed by atoms with van der Waals surface area (Å²) in [5, 5.41) is 5.21. The zero-order valence-corrected chi connectivity index (χ0v) is 36.8. The topological polar surface area (TPSA) is 6.48 Å². The van der Waals surface area contributed by atoms with Crippen LogP contribution in [0.3, 0.4) is 0 Å². The molecule has 8 aromatic rings. The third kappa shape index (κ3) is 5.16. The highest BCUT2D eigenvalue weighted by Crippen LogP contribution is 2.57. The van der Waals surface area contributed by atoms with Crippen LogP contribution < -0.4 is 42.6 Å². The maximum atomic E-state index is 2.69. The van der Waals surface area contributed by atoms with Gasteiger partial charge < -0.3 is 9.80 Å². The highest BCUT2D eigenvalue weighted by molar-refractivity contribution is 7.01. The lowest BCUT2D eigenvalue weighted by Gasteiger charge is -2.50. The van der Waals surface area contributed by atoms with Crippen LogP contribution in [0.5, 0.6) is 0 Å². The third-order valence-electron chi connectivity index (χ3n) is 14.2. The predicted molar refractivity (Wildman–Crippen MR) is 263 cm³/mol. The van der Waals surface area contributed by atoms with Gasteiger partial charge in [-0.2, -0.15) is 0 Å². The summed E-state index contributed by atoms with van der Waals surface area (Å²) in [6.07, 6.45) is 0. The lowest BCUT2D eigenvalue weighted by molar-refractivity contribution is 0.867. The molecule has 0 saturated carbocycles. The fraction of sp³-hybridized carbons (Fsp3) is 0.214. The molecule has 0 spiro atoms. The molecule has 3 aliphatic rings. The van der Waals surface area contributed by atoms with Crippen molar-refractivity contribution < 1.29 is 0 Å². The van der Waals surface area contributed by atoms with Gasteiger partial charge in [0.05, 0.1) is 22.7 Å². The third-order valence-corrected chi connectivity index (χ3v) is 14.2. The normalized spacial score (nSPS) is 13.7. The minimum absolute atomic E-state index is 0.0510. The van der Waals surface area contributed by atoms with Crippen LogP contribution in [0, 0.1) is 41.5 Å². The maximum Gasteiger partial charge on any atom is 0.248 e. The Morgan fingerprint density at radius 3 is 1.12 bits per heavy atom. The Hall–Kier alpha value is -5.99. The number of hydrogen-bond acceptors (Lipinski definition) is 2. The Kier molecular flexibility index (Phi) is 8.18. The van der Waals surface area contributed by atoms with Gasteiger partial charge in [0.15, 0.2) is 0 Å². The van der Waals surface area contributed by atoms with Gasteiger partial charge in [0.2, 0.25) is 13.4 Å². The van der Waals surface area contributed by atoms with Crippen LogP contribution in [0.2, 0.25) is 0 Å². The van der Waals surface area contributed by atoms with E-state index in [1.54, 1.807) is 0 Å². The monoisotopic (exact) mass is 774 g/mol. The fourth-order valence-corrected chi connectivity index (χ4v) is 11.8. The van der Waals surface area contributed by atoms with Crippen LogP contribution in [-0.2, 0) is 0 Å². The number of fused-ring (bicyclic) bond motifs is 10. The zero-order chi connectivity index (χ0) is 41.5. The molecule has 60 heavy (non-hydrogen) atoms. The van der Waals surface area contributed by atoms with Crippen molar-refractivity contribution >= 4 is 102 Å². The minimum atomic E-state index is 0.0510. The Morgan fingerprint density at radius 1 is 0.383 bits per heavy atom. The Bertz CT molecular complexity index is 2900. The van der Waals surface area contributed by atoms with E-state index in [4.69, 9.17) is 0 Å². The second kappa shape index (κ2) is 13.3. The van der Waals surface area contributed by atoms with Gasteiger partial charge in [-0.05, 0) is 132 Å². The number of rotatable bonds is 4. The molecule has 292 valence electrons. The predicted octanol–water partition coefficient (Wildman–Crippen LogP) is 11.0. The van der Waals surface area contributed by atoms with E-state index < -0.39 is 0 Å². The van der Waals surface area contributed by atoms with Crippen LogP contribution in [-0.4, -0.2) is 13.4 Å². The van der Waals surface area contributed by atoms with E-state index in [1.807, 2.05) is 0 Å². The summed E-state index contributed by atoms with van der Waals surface area (Å²) in [6.45, 7) is 23.2. The number of nitrogens with zero attached hydrogens (tertiary/aromatic N) is 2. The molecule has 0 aromatic heterocycles. The van der Waals surface area contributed by atoms with Crippen molar-refractivity contribution in [3.63, 3.8) is 0 Å². The Morgan fingerprint density at radius 2 is 0.750 bits per heavy atom. The molecule has 0 saturated heterocycles. The quantitative estimate of drug-likeness (QED) is 0.164. The number of aryl methyl sites for hydroxylation is 6. The van der Waals surface area contributed by atoms with Crippen LogP contribution >= 0.6 is 0 Å². The van der Waals surface area contributed by atoms with Crippen molar-refractivity contribution in [3.8, 4) is 0 Å². The van der Waals surface area contributed by atoms with Crippen LogP contribution in [0.15, 0.2) is 121 Å². The molecule has 11 rings (SSSR count). The van der Waals surface area contributed by atoms with Gasteiger partial charge in [-0.15, -0.1) is 0 Å². The molecule has 4 heteroatoms.